The van der Waals surface area contributed by atoms with Crippen LogP contribution in [-0.4, -0.2) is 0 Å². The quantitative estimate of drug-likeness (QED) is 0.0901. The standard InChI is InChI=1S/C32H31N2O.C31H29N2O.C29H25N2O.C27H21N2O/c1-20-13-14-25-27-18-24(33-6)17-26(23-11-9-8-10-12-23)30(27)35-31(25)29(20)28-16-22(19-32(3,4)5)15-21(2)34(28)7;1-19(2)14-22-15-21(4)33(6)28(16-22)29-20(3)12-13-25-27-18-24(32-5)17-26(30(27)34-31(25)29)23-10-8-7-9-11-23;1-18(2)21-13-14-31(5)26(15-21)27-19(3)11-12-23-25-17-22(30-4)16-24(28(25)32-29(23)27)20-9-7-6-8-10-20;1-17-12-13-29(4)24(14-17)25-18(2)10-11-21-23-16-20(28-3)15-22(26(23)30-27(21)25)19-8-6-5-7-9-19/h8-18H,19H2,1-5,7H3;7-13,15-19H,14H2,1-4,6H3;6-18H,1-3,5H3;5-16H,1-2,4H3/q4*+1/i19D2;14D2;13D,18D;12D. The predicted molar refractivity (Wildman–Crippen MR) is 537 cm³/mol. The Bertz CT molecular complexity index is 8520. The molecular formula is C119H106N8O4+4. The molecule has 0 saturated heterocycles. The Kier molecular flexibility index (Phi) is 21.6. The number of furan rings is 4. The minimum absolute atomic E-state index is 0.166. The molecule has 0 aliphatic carbocycles. The van der Waals surface area contributed by atoms with Gasteiger partial charge in [0, 0.05) is 135 Å². The van der Waals surface area contributed by atoms with Gasteiger partial charge in [0.05, 0.1) is 51.3 Å². The van der Waals surface area contributed by atoms with Gasteiger partial charge in [-0.25, -0.2) is 28.5 Å². The van der Waals surface area contributed by atoms with Gasteiger partial charge >= 0.3 is 0 Å². The van der Waals surface area contributed by atoms with E-state index in [1.165, 1.54) is 0 Å². The summed E-state index contributed by atoms with van der Waals surface area (Å²) < 4.78 is 95.0. The first-order chi connectivity index (χ1) is 65.7. The van der Waals surface area contributed by atoms with Gasteiger partial charge in [-0.15, -0.1) is 0 Å². The van der Waals surface area contributed by atoms with Gasteiger partial charge in [-0.3, -0.25) is 0 Å². The molecule has 20 aromatic rings. The summed E-state index contributed by atoms with van der Waals surface area (Å²) >= 11 is 0. The molecule has 0 atom stereocenters. The lowest BCUT2D eigenvalue weighted by atomic mass is 9.87. The van der Waals surface area contributed by atoms with Gasteiger partial charge in [0.25, 0.3) is 0 Å². The lowest BCUT2D eigenvalue weighted by molar-refractivity contribution is -0.666. The molecule has 0 amide bonds. The van der Waals surface area contributed by atoms with Crippen molar-refractivity contribution in [1.82, 2.24) is 0 Å². The molecule has 0 N–H and O–H groups in total. The van der Waals surface area contributed by atoms with Crippen LogP contribution >= 0.6 is 0 Å². The van der Waals surface area contributed by atoms with Crippen LogP contribution in [0.2, 0.25) is 0 Å². The normalized spacial score (nSPS) is 12.5. The highest BCUT2D eigenvalue weighted by Crippen LogP contribution is 2.49. The lowest BCUT2D eigenvalue weighted by Gasteiger charge is -2.18. The summed E-state index contributed by atoms with van der Waals surface area (Å²) in [5.74, 6) is -1.07. The molecule has 8 aromatic heterocycles. The van der Waals surface area contributed by atoms with E-state index in [1.54, 1.807) is 20.0 Å². The molecule has 0 saturated carbocycles. The summed E-state index contributed by atoms with van der Waals surface area (Å²) in [5.41, 5.74) is 32.0. The zero-order valence-corrected chi connectivity index (χ0v) is 77.2. The van der Waals surface area contributed by atoms with E-state index >= 15 is 0 Å². The van der Waals surface area contributed by atoms with Gasteiger partial charge in [0.1, 0.15) is 72.9 Å². The van der Waals surface area contributed by atoms with E-state index in [2.05, 4.69) is 97.8 Å². The van der Waals surface area contributed by atoms with Crippen molar-refractivity contribution in [2.24, 2.45) is 39.5 Å². The van der Waals surface area contributed by atoms with Crippen molar-refractivity contribution >= 4 is 111 Å². The Morgan fingerprint density at radius 2 is 0.641 bits per heavy atom. The molecule has 12 nitrogen and oxygen atoms in total. The van der Waals surface area contributed by atoms with Crippen LogP contribution < -0.4 is 18.3 Å². The highest BCUT2D eigenvalue weighted by Gasteiger charge is 2.31. The molecule has 0 spiro atoms. The monoisotopic (exact) mass is 1720 g/mol. The first-order valence-corrected chi connectivity index (χ1v) is 44.0. The molecule has 20 rings (SSSR count). The zero-order chi connectivity index (χ0) is 98.4. The van der Waals surface area contributed by atoms with Crippen molar-refractivity contribution < 1.29 is 45.5 Å². The number of aromatic nitrogens is 4. The van der Waals surface area contributed by atoms with Crippen molar-refractivity contribution in [2.75, 3.05) is 0 Å². The summed E-state index contributed by atoms with van der Waals surface area (Å²) in [5, 5.41) is 7.49. The van der Waals surface area contributed by atoms with Crippen LogP contribution in [0.15, 0.2) is 297 Å². The van der Waals surface area contributed by atoms with Crippen LogP contribution in [0.1, 0.15) is 120 Å². The van der Waals surface area contributed by atoms with E-state index in [4.69, 9.17) is 53.6 Å². The summed E-state index contributed by atoms with van der Waals surface area (Å²) in [4.78, 5) is 14.9. The molecule has 0 bridgehead atoms. The van der Waals surface area contributed by atoms with Crippen molar-refractivity contribution in [3.63, 3.8) is 0 Å². The minimum Gasteiger partial charge on any atom is -0.455 e. The Labute approximate surface area is 777 Å². The molecule has 12 heteroatoms. The third-order valence-corrected chi connectivity index (χ3v) is 24.5. The van der Waals surface area contributed by atoms with E-state index in [0.29, 0.717) is 51.5 Å². The number of rotatable bonds is 12. The molecule has 0 radical (unpaired) electrons. The average Bonchev–Trinajstić information content (AvgIpc) is 1.57. The third kappa shape index (κ3) is 17.0. The molecule has 0 aliphatic rings. The summed E-state index contributed by atoms with van der Waals surface area (Å²) in [6.45, 7) is 58.0. The van der Waals surface area contributed by atoms with Gasteiger partial charge < -0.3 is 17.7 Å². The maximum Gasteiger partial charge on any atom is 0.216 e. The summed E-state index contributed by atoms with van der Waals surface area (Å²) in [6, 6.07) is 84.5. The highest BCUT2D eigenvalue weighted by molar-refractivity contribution is 6.18. The smallest absolute Gasteiger partial charge is 0.216 e. The van der Waals surface area contributed by atoms with E-state index in [0.717, 1.165) is 216 Å². The summed E-state index contributed by atoms with van der Waals surface area (Å²) in [7, 11) is 7.89. The van der Waals surface area contributed by atoms with Crippen molar-refractivity contribution in [2.45, 2.75) is 116 Å². The second-order valence-electron chi connectivity index (χ2n) is 35.6. The average molecular weight is 1720 g/mol. The molecule has 0 fully saturated rings. The largest absolute Gasteiger partial charge is 0.455 e. The predicted octanol–water partition coefficient (Wildman–Crippen LogP) is 31.3. The minimum atomic E-state index is -1.53. The molecule has 8 heterocycles. The fraction of sp³-hybridized carbons (Fsp3) is 0.193. The van der Waals surface area contributed by atoms with Crippen LogP contribution in [0, 0.1) is 86.1 Å². The fourth-order valence-corrected chi connectivity index (χ4v) is 17.9. The third-order valence-electron chi connectivity index (χ3n) is 24.5. The second kappa shape index (κ2) is 35.9. The van der Waals surface area contributed by atoms with Gasteiger partial charge in [-0.05, 0) is 180 Å². The number of hydrogen-bond acceptors (Lipinski definition) is 4. The van der Waals surface area contributed by atoms with Crippen molar-refractivity contribution in [3.8, 4) is 89.5 Å². The topological polar surface area (TPSA) is 85.5 Å². The molecule has 0 unspecified atom stereocenters. The molecule has 642 valence electrons. The SMILES string of the molecule is [2H]C([2H])(c1cc(C)[n+](C)c(-c2c(C)ccc3c2oc2c(-c4ccccc4)cc([N+]#[C-])cc23)c1)C(C)(C)C.[2H]C([2H])(c1cc(C)[n+](C)c(-c2c(C)ccc3c2oc2c(-c4ccccc4)cc([N+]#[C-])cc23)c1)C(C)C.[2H]c1c[n+](C)c(-c2c(C)ccc3c2oc2c(-c4ccccc4)cc([N+]#[C-])cc23)cc1C.[2H]c1c[n+](C)c(-c2c(C)ccc3c2oc2c(-c4ccccc4)cc([N+]#[C-])cc23)cc1C([2H])(C)C. The highest BCUT2D eigenvalue weighted by atomic mass is 16.3. The van der Waals surface area contributed by atoms with Gasteiger partial charge in [-0.2, -0.15) is 9.13 Å². The zero-order valence-electron chi connectivity index (χ0n) is 84.2. The van der Waals surface area contributed by atoms with Crippen LogP contribution in [0.25, 0.3) is 197 Å². The number of benzene rings is 12. The number of fused-ring (bicyclic) bond motifs is 12. The number of aryl methyl sites for hydroxylation is 9. The number of hydrogen-bond donors (Lipinski definition) is 0. The first-order valence-electron chi connectivity index (χ1n) is 47.5. The molecule has 131 heavy (non-hydrogen) atoms. The fourth-order valence-electron chi connectivity index (χ4n) is 17.9. The molecule has 12 aromatic carbocycles. The Hall–Kier alpha value is -15.6. The van der Waals surface area contributed by atoms with E-state index in [-0.39, 0.29) is 5.92 Å². The van der Waals surface area contributed by atoms with Crippen LogP contribution in [0.4, 0.5) is 22.7 Å². The Morgan fingerprint density at radius 1 is 0.344 bits per heavy atom. The van der Waals surface area contributed by atoms with Crippen LogP contribution in [-0.2, 0) is 40.9 Å². The maximum absolute atomic E-state index is 8.92. The van der Waals surface area contributed by atoms with Crippen molar-refractivity contribution in [3.05, 3.63) is 381 Å². The number of nitrogens with zero attached hydrogens (tertiary/aromatic N) is 8. The van der Waals surface area contributed by atoms with E-state index < -0.39 is 24.1 Å². The lowest BCUT2D eigenvalue weighted by Crippen LogP contribution is -2.35. The van der Waals surface area contributed by atoms with Gasteiger partial charge in [0.2, 0.25) is 22.8 Å². The maximum atomic E-state index is 8.92. The van der Waals surface area contributed by atoms with Gasteiger partial charge in [0.15, 0.2) is 46.5 Å². The summed E-state index contributed by atoms with van der Waals surface area (Å²) in [6.07, 6.45) is 0.600. The van der Waals surface area contributed by atoms with E-state index in [9.17, 15) is 0 Å². The second-order valence-corrected chi connectivity index (χ2v) is 35.6. The number of pyridine rings is 4. The van der Waals surface area contributed by atoms with Crippen LogP contribution in [0.3, 0.4) is 0 Å². The van der Waals surface area contributed by atoms with E-state index in [1.807, 2.05) is 312 Å². The molecule has 0 aliphatic heterocycles. The van der Waals surface area contributed by atoms with Crippen molar-refractivity contribution in [1.29, 1.82) is 0 Å². The Balaban J connectivity index is 0.000000128. The Morgan fingerprint density at radius 3 is 0.947 bits per heavy atom. The van der Waals surface area contributed by atoms with Gasteiger partial charge in [-0.1, -0.05) is 218 Å². The first kappa shape index (κ1) is 78.8. The molecular weight excluding hydrogens is 1610 g/mol. The van der Waals surface area contributed by atoms with Crippen LogP contribution in [0.5, 0.6) is 0 Å².